The third-order valence-corrected chi connectivity index (χ3v) is 12.9. The first-order chi connectivity index (χ1) is 19.2. The number of esters is 1. The largest absolute Gasteiger partial charge is 0.469 e. The lowest BCUT2D eigenvalue weighted by Gasteiger charge is -2.62. The van der Waals surface area contributed by atoms with E-state index in [1.165, 1.54) is 77.7 Å². The van der Waals surface area contributed by atoms with E-state index in [2.05, 4.69) is 20.8 Å². The van der Waals surface area contributed by atoms with Gasteiger partial charge in [0.2, 0.25) is 0 Å². The number of hydrogen-bond donors (Lipinski definition) is 2. The Balaban J connectivity index is 1.25. The molecule has 4 fully saturated rings. The summed E-state index contributed by atoms with van der Waals surface area (Å²) in [5.41, 5.74) is 0.752. The van der Waals surface area contributed by atoms with Crippen molar-refractivity contribution < 1.29 is 24.5 Å². The van der Waals surface area contributed by atoms with Gasteiger partial charge < -0.3 is 19.7 Å². The molecule has 0 unspecified atom stereocenters. The van der Waals surface area contributed by atoms with Crippen LogP contribution in [0.15, 0.2) is 0 Å². The van der Waals surface area contributed by atoms with E-state index in [0.29, 0.717) is 42.3 Å². The Kier molecular flexibility index (Phi) is 11.5. The fourth-order valence-corrected chi connectivity index (χ4v) is 10.5. The van der Waals surface area contributed by atoms with E-state index in [4.69, 9.17) is 14.6 Å². The molecule has 0 aromatic carbocycles. The number of aliphatic hydroxyl groups is 2. The fraction of sp³-hybridized carbons (Fsp3) is 0.971. The van der Waals surface area contributed by atoms with Crippen molar-refractivity contribution in [2.75, 3.05) is 20.3 Å². The van der Waals surface area contributed by atoms with Crippen LogP contribution < -0.4 is 0 Å². The van der Waals surface area contributed by atoms with E-state index >= 15 is 0 Å². The van der Waals surface area contributed by atoms with Crippen LogP contribution in [0.5, 0.6) is 0 Å². The number of hydrogen-bond acceptors (Lipinski definition) is 5. The lowest BCUT2D eigenvalue weighted by atomic mass is 9.44. The molecule has 0 radical (unpaired) electrons. The number of carbonyl (C=O) groups is 1. The van der Waals surface area contributed by atoms with Gasteiger partial charge in [0.05, 0.1) is 13.7 Å². The summed E-state index contributed by atoms with van der Waals surface area (Å²) in [4.78, 5) is 11.8. The number of unbranched alkanes of at least 4 members (excludes halogenated alkanes) is 7. The number of aliphatic hydroxyl groups excluding tert-OH is 1. The van der Waals surface area contributed by atoms with Gasteiger partial charge in [-0.1, -0.05) is 59.3 Å². The highest BCUT2D eigenvalue weighted by molar-refractivity contribution is 5.69. The maximum absolute atomic E-state index is 11.8. The van der Waals surface area contributed by atoms with Crippen molar-refractivity contribution in [2.45, 2.75) is 149 Å². The summed E-state index contributed by atoms with van der Waals surface area (Å²) in [6, 6.07) is 0. The van der Waals surface area contributed by atoms with Crippen molar-refractivity contribution in [1.82, 2.24) is 0 Å². The molecule has 9 atom stereocenters. The molecule has 4 aliphatic carbocycles. The third-order valence-electron chi connectivity index (χ3n) is 12.9. The average Bonchev–Trinajstić information content (AvgIpc) is 3.30. The zero-order chi connectivity index (χ0) is 28.8. The lowest BCUT2D eigenvalue weighted by molar-refractivity contribution is -0.260. The number of ether oxygens (including phenoxy) is 2. The monoisotopic (exact) mass is 562 g/mol. The second kappa shape index (κ2) is 14.2. The molecule has 0 aliphatic heterocycles. The molecule has 0 aromatic rings. The lowest BCUT2D eigenvalue weighted by Crippen LogP contribution is -2.56. The molecular formula is C35H62O5. The Morgan fingerprint density at radius 2 is 1.52 bits per heavy atom. The van der Waals surface area contributed by atoms with Gasteiger partial charge in [-0.3, -0.25) is 4.79 Å². The van der Waals surface area contributed by atoms with Crippen molar-refractivity contribution in [1.29, 1.82) is 0 Å². The normalized spacial score (nSPS) is 39.7. The summed E-state index contributed by atoms with van der Waals surface area (Å²) in [5.74, 6) is 3.33. The van der Waals surface area contributed by atoms with Crippen LogP contribution in [0.1, 0.15) is 143 Å². The van der Waals surface area contributed by atoms with Crippen LogP contribution in [0.3, 0.4) is 0 Å². The predicted molar refractivity (Wildman–Crippen MR) is 161 cm³/mol. The fourth-order valence-electron chi connectivity index (χ4n) is 10.5. The summed E-state index contributed by atoms with van der Waals surface area (Å²) >= 11 is 0. The summed E-state index contributed by atoms with van der Waals surface area (Å²) in [6.45, 7) is 8.56. The topological polar surface area (TPSA) is 76.0 Å². The Labute approximate surface area is 245 Å². The molecule has 0 amide bonds. The number of methoxy groups -OCH3 is 1. The highest BCUT2D eigenvalue weighted by atomic mass is 16.6. The van der Waals surface area contributed by atoms with Crippen molar-refractivity contribution in [3.8, 4) is 0 Å². The summed E-state index contributed by atoms with van der Waals surface area (Å²) in [5, 5.41) is 20.3. The summed E-state index contributed by atoms with van der Waals surface area (Å²) in [6.07, 6.45) is 21.5. The molecule has 5 nitrogen and oxygen atoms in total. The van der Waals surface area contributed by atoms with E-state index in [1.54, 1.807) is 0 Å². The van der Waals surface area contributed by atoms with Gasteiger partial charge in [-0.05, 0) is 111 Å². The third kappa shape index (κ3) is 7.10. The molecule has 0 aromatic heterocycles. The minimum absolute atomic E-state index is 0.0657. The van der Waals surface area contributed by atoms with Crippen LogP contribution in [-0.2, 0) is 14.3 Å². The minimum Gasteiger partial charge on any atom is -0.469 e. The molecule has 0 spiro atoms. The van der Waals surface area contributed by atoms with Crippen LogP contribution in [0.4, 0.5) is 0 Å². The van der Waals surface area contributed by atoms with Crippen molar-refractivity contribution in [3.63, 3.8) is 0 Å². The minimum atomic E-state index is -0.919. The van der Waals surface area contributed by atoms with Crippen molar-refractivity contribution in [3.05, 3.63) is 0 Å². The molecule has 0 heterocycles. The van der Waals surface area contributed by atoms with Gasteiger partial charge in [0.25, 0.3) is 0 Å². The Morgan fingerprint density at radius 3 is 2.23 bits per heavy atom. The van der Waals surface area contributed by atoms with Gasteiger partial charge in [0.1, 0.15) is 0 Å². The zero-order valence-corrected chi connectivity index (χ0v) is 26.4. The predicted octanol–water partition coefficient (Wildman–Crippen LogP) is 8.05. The zero-order valence-electron chi connectivity index (χ0n) is 26.4. The van der Waals surface area contributed by atoms with E-state index in [9.17, 15) is 9.90 Å². The Bertz CT molecular complexity index is 801. The van der Waals surface area contributed by atoms with E-state index in [1.807, 2.05) is 0 Å². The maximum Gasteiger partial charge on any atom is 0.305 e. The van der Waals surface area contributed by atoms with Crippen LogP contribution in [0.2, 0.25) is 0 Å². The number of fused-ring (bicyclic) bond motifs is 5. The molecule has 4 aliphatic rings. The van der Waals surface area contributed by atoms with Crippen molar-refractivity contribution >= 4 is 5.97 Å². The molecular weight excluding hydrogens is 500 g/mol. The molecule has 5 heteroatoms. The SMILES string of the molecule is COC(=O)CC[C@@H](C)[C@H]1CC[C@H]2[C@@H]3CC[C@@H]4C[C@@](O)(OCCCCCCCCCCO)CC[C@]4(C)[C@H]3CC[C@]12C. The highest BCUT2D eigenvalue weighted by Gasteiger charge is 2.61. The van der Waals surface area contributed by atoms with Gasteiger partial charge in [-0.2, -0.15) is 0 Å². The summed E-state index contributed by atoms with van der Waals surface area (Å²) < 4.78 is 11.2. The smallest absolute Gasteiger partial charge is 0.305 e. The van der Waals surface area contributed by atoms with Crippen LogP contribution in [0, 0.1) is 46.3 Å². The molecule has 40 heavy (non-hydrogen) atoms. The maximum atomic E-state index is 11.8. The summed E-state index contributed by atoms with van der Waals surface area (Å²) in [7, 11) is 1.50. The molecule has 2 N–H and O–H groups in total. The molecule has 0 bridgehead atoms. The van der Waals surface area contributed by atoms with Crippen LogP contribution >= 0.6 is 0 Å². The van der Waals surface area contributed by atoms with Crippen molar-refractivity contribution in [2.24, 2.45) is 46.3 Å². The number of rotatable bonds is 15. The van der Waals surface area contributed by atoms with Gasteiger partial charge in [0.15, 0.2) is 5.79 Å². The Morgan fingerprint density at radius 1 is 0.850 bits per heavy atom. The van der Waals surface area contributed by atoms with Gasteiger partial charge in [-0.25, -0.2) is 0 Å². The van der Waals surface area contributed by atoms with Gasteiger partial charge in [0, 0.05) is 25.9 Å². The highest BCUT2D eigenvalue weighted by Crippen LogP contribution is 2.69. The van der Waals surface area contributed by atoms with Gasteiger partial charge >= 0.3 is 5.97 Å². The first-order valence-electron chi connectivity index (χ1n) is 17.2. The van der Waals surface area contributed by atoms with Gasteiger partial charge in [-0.15, -0.1) is 0 Å². The molecule has 4 rings (SSSR count). The van der Waals surface area contributed by atoms with E-state index in [-0.39, 0.29) is 5.97 Å². The van der Waals surface area contributed by atoms with E-state index < -0.39 is 5.79 Å². The Hall–Kier alpha value is -0.650. The standard InChI is InChI=1S/C35H62O5/c1-26(13-18-32(37)39-4)29-16-17-30-28-15-14-27-25-35(38,40-24-12-10-8-6-5-7-9-11-23-36)22-21-33(27,2)31(28)19-20-34(29,30)3/h26-31,36,38H,5-25H2,1-4H3/t26-,27-,28+,29-,30+,31+,33+,34-,35+/m1/s1. The average molecular weight is 563 g/mol. The first kappa shape index (κ1) is 32.3. The quantitative estimate of drug-likeness (QED) is 0.120. The number of carbonyl (C=O) groups excluding carboxylic acids is 1. The molecule has 4 saturated carbocycles. The first-order valence-corrected chi connectivity index (χ1v) is 17.2. The second-order valence-electron chi connectivity index (χ2n) is 15.0. The second-order valence-corrected chi connectivity index (χ2v) is 15.0. The molecule has 0 saturated heterocycles. The van der Waals surface area contributed by atoms with Crippen LogP contribution in [-0.4, -0.2) is 42.3 Å². The van der Waals surface area contributed by atoms with E-state index in [0.717, 1.165) is 68.6 Å². The van der Waals surface area contributed by atoms with Crippen LogP contribution in [0.25, 0.3) is 0 Å². The molecule has 232 valence electrons.